The number of halogens is 2. The van der Waals surface area contributed by atoms with Crippen molar-refractivity contribution in [2.24, 2.45) is 11.1 Å². The van der Waals surface area contributed by atoms with Gasteiger partial charge >= 0.3 is 0 Å². The maximum Gasteiger partial charge on any atom is 0.282 e. The average molecular weight is 490 g/mol. The van der Waals surface area contributed by atoms with Gasteiger partial charge in [-0.15, -0.1) is 0 Å². The lowest BCUT2D eigenvalue weighted by molar-refractivity contribution is 0.0896. The average Bonchev–Trinajstić information content (AvgIpc) is 3.17. The van der Waals surface area contributed by atoms with Crippen LogP contribution in [0.2, 0.25) is 0 Å². The fourth-order valence-electron chi connectivity index (χ4n) is 5.08. The van der Waals surface area contributed by atoms with Crippen LogP contribution in [0.5, 0.6) is 0 Å². The molecule has 0 saturated carbocycles. The molecule has 190 valence electrons. The standard InChI is InChI=1S/C25H33F2N5O3/c1-25(2)13-19-21(20(33)14-25)22(23(26)27)30-32(19)16-4-5-17(24(28)34)18(12-16)29-15-6-8-31(9-7-15)10-11-35-3/h4-5,12,15,23,29H,6-11,13-14H2,1-3H3,(H2,28,34). The molecule has 1 aromatic heterocycles. The highest BCUT2D eigenvalue weighted by Crippen LogP contribution is 2.39. The predicted molar refractivity (Wildman–Crippen MR) is 128 cm³/mol. The van der Waals surface area contributed by atoms with Crippen LogP contribution in [0.4, 0.5) is 14.5 Å². The maximum absolute atomic E-state index is 13.8. The lowest BCUT2D eigenvalue weighted by Gasteiger charge is -2.33. The number of amides is 1. The van der Waals surface area contributed by atoms with Gasteiger partial charge in [0.25, 0.3) is 12.3 Å². The molecule has 8 nitrogen and oxygen atoms in total. The molecule has 2 aromatic rings. The van der Waals surface area contributed by atoms with E-state index < -0.39 is 18.0 Å². The Morgan fingerprint density at radius 1 is 1.29 bits per heavy atom. The highest BCUT2D eigenvalue weighted by Gasteiger charge is 2.38. The molecule has 1 saturated heterocycles. The van der Waals surface area contributed by atoms with Crippen molar-refractivity contribution in [1.82, 2.24) is 14.7 Å². The molecule has 1 fully saturated rings. The molecule has 3 N–H and O–H groups in total. The van der Waals surface area contributed by atoms with Crippen molar-refractivity contribution in [3.05, 3.63) is 40.7 Å². The molecule has 10 heteroatoms. The van der Waals surface area contributed by atoms with Crippen molar-refractivity contribution < 1.29 is 23.1 Å². The third kappa shape index (κ3) is 5.38. The first kappa shape index (κ1) is 25.2. The van der Waals surface area contributed by atoms with Gasteiger partial charge in [0.2, 0.25) is 0 Å². The molecule has 1 aromatic carbocycles. The number of fused-ring (bicyclic) bond motifs is 1. The number of hydrogen-bond donors (Lipinski definition) is 2. The Balaban J connectivity index is 1.66. The molecular formula is C25H33F2N5O3. The van der Waals surface area contributed by atoms with Gasteiger partial charge in [-0.2, -0.15) is 5.10 Å². The zero-order chi connectivity index (χ0) is 25.3. The van der Waals surface area contributed by atoms with Gasteiger partial charge in [-0.3, -0.25) is 9.59 Å². The number of carbonyl (C=O) groups excluding carboxylic acids is 2. The second kappa shape index (κ2) is 10.0. The molecule has 2 heterocycles. The van der Waals surface area contributed by atoms with Gasteiger partial charge in [0.1, 0.15) is 5.69 Å². The summed E-state index contributed by atoms with van der Waals surface area (Å²) in [5, 5.41) is 7.60. The van der Waals surface area contributed by atoms with Gasteiger partial charge in [-0.25, -0.2) is 13.5 Å². The van der Waals surface area contributed by atoms with E-state index in [-0.39, 0.29) is 29.2 Å². The lowest BCUT2D eigenvalue weighted by atomic mass is 9.75. The molecule has 0 spiro atoms. The molecule has 0 atom stereocenters. The van der Waals surface area contributed by atoms with Gasteiger partial charge in [-0.1, -0.05) is 13.8 Å². The van der Waals surface area contributed by atoms with E-state index in [9.17, 15) is 18.4 Å². The van der Waals surface area contributed by atoms with Crippen LogP contribution >= 0.6 is 0 Å². The summed E-state index contributed by atoms with van der Waals surface area (Å²) >= 11 is 0. The smallest absolute Gasteiger partial charge is 0.282 e. The number of nitrogens with two attached hydrogens (primary N) is 1. The summed E-state index contributed by atoms with van der Waals surface area (Å²) in [6, 6.07) is 5.06. The lowest BCUT2D eigenvalue weighted by Crippen LogP contribution is -2.40. The Kier molecular flexibility index (Phi) is 7.23. The summed E-state index contributed by atoms with van der Waals surface area (Å²) in [6.07, 6.45) is -0.472. The number of likely N-dealkylation sites (tertiary alicyclic amines) is 1. The minimum Gasteiger partial charge on any atom is -0.383 e. The first-order chi connectivity index (χ1) is 16.6. The number of aromatic nitrogens is 2. The number of nitrogens with one attached hydrogen (secondary N) is 1. The van der Waals surface area contributed by atoms with E-state index in [1.54, 1.807) is 25.3 Å². The number of ketones is 1. The van der Waals surface area contributed by atoms with Crippen molar-refractivity contribution >= 4 is 17.4 Å². The first-order valence-corrected chi connectivity index (χ1v) is 11.9. The Labute approximate surface area is 203 Å². The van der Waals surface area contributed by atoms with E-state index in [2.05, 4.69) is 15.3 Å². The van der Waals surface area contributed by atoms with Crippen LogP contribution in [0.15, 0.2) is 18.2 Å². The fraction of sp³-hybridized carbons (Fsp3) is 0.560. The third-order valence-corrected chi connectivity index (χ3v) is 6.85. The number of methoxy groups -OCH3 is 1. The van der Waals surface area contributed by atoms with Crippen molar-refractivity contribution in [3.8, 4) is 5.69 Å². The quantitative estimate of drug-likeness (QED) is 0.588. The first-order valence-electron chi connectivity index (χ1n) is 11.9. The van der Waals surface area contributed by atoms with E-state index in [0.29, 0.717) is 35.7 Å². The molecule has 0 radical (unpaired) electrons. The van der Waals surface area contributed by atoms with Crippen molar-refractivity contribution in [2.45, 2.75) is 52.0 Å². The zero-order valence-electron chi connectivity index (χ0n) is 20.4. The number of anilines is 1. The molecule has 0 unspecified atom stereocenters. The molecule has 35 heavy (non-hydrogen) atoms. The van der Waals surface area contributed by atoms with Gasteiger partial charge in [-0.05, 0) is 42.9 Å². The summed E-state index contributed by atoms with van der Waals surface area (Å²) in [5.74, 6) is -0.895. The van der Waals surface area contributed by atoms with E-state index in [1.165, 1.54) is 4.68 Å². The summed E-state index contributed by atoms with van der Waals surface area (Å²) in [7, 11) is 1.69. The molecule has 1 aliphatic heterocycles. The third-order valence-electron chi connectivity index (χ3n) is 6.85. The summed E-state index contributed by atoms with van der Waals surface area (Å²) < 4.78 is 34.2. The number of nitrogens with zero attached hydrogens (tertiary/aromatic N) is 3. The molecule has 0 bridgehead atoms. The Hall–Kier alpha value is -2.85. The number of benzene rings is 1. The number of piperidine rings is 1. The van der Waals surface area contributed by atoms with Gasteiger partial charge in [0, 0.05) is 44.9 Å². The molecule has 1 amide bonds. The van der Waals surface area contributed by atoms with Gasteiger partial charge < -0.3 is 20.7 Å². The predicted octanol–water partition coefficient (Wildman–Crippen LogP) is 3.59. The molecule has 4 rings (SSSR count). The number of Topliss-reactive ketones (excluding diaryl/α,β-unsaturated/α-hetero) is 1. The van der Waals surface area contributed by atoms with Crippen molar-refractivity contribution in [3.63, 3.8) is 0 Å². The van der Waals surface area contributed by atoms with Crippen LogP contribution in [0.25, 0.3) is 5.69 Å². The SMILES string of the molecule is COCCN1CCC(Nc2cc(-n3nc(C(F)F)c4c3CC(C)(C)CC4=O)ccc2C(N)=O)CC1. The topological polar surface area (TPSA) is 102 Å². The Morgan fingerprint density at radius 2 is 2.00 bits per heavy atom. The van der Waals surface area contributed by atoms with E-state index >= 15 is 0 Å². The second-order valence-corrected chi connectivity index (χ2v) is 10.2. The van der Waals surface area contributed by atoms with E-state index in [1.807, 2.05) is 13.8 Å². The number of ether oxygens (including phenoxy) is 1. The van der Waals surface area contributed by atoms with Crippen LogP contribution < -0.4 is 11.1 Å². The Bertz CT molecular complexity index is 1110. The number of rotatable bonds is 8. The summed E-state index contributed by atoms with van der Waals surface area (Å²) in [6.45, 7) is 7.23. The number of alkyl halides is 2. The summed E-state index contributed by atoms with van der Waals surface area (Å²) in [4.78, 5) is 27.2. The van der Waals surface area contributed by atoms with Crippen molar-refractivity contribution in [1.29, 1.82) is 0 Å². The number of hydrogen-bond acceptors (Lipinski definition) is 6. The number of primary amides is 1. The van der Waals surface area contributed by atoms with Crippen LogP contribution in [0, 0.1) is 5.41 Å². The highest BCUT2D eigenvalue weighted by atomic mass is 19.3. The summed E-state index contributed by atoms with van der Waals surface area (Å²) in [5.41, 5.74) is 6.63. The minimum atomic E-state index is -2.86. The van der Waals surface area contributed by atoms with Crippen LogP contribution in [0.3, 0.4) is 0 Å². The molecule has 2 aliphatic rings. The second-order valence-electron chi connectivity index (χ2n) is 10.2. The molecule has 1 aliphatic carbocycles. The normalized spacial score (nSPS) is 18.6. The van der Waals surface area contributed by atoms with E-state index in [4.69, 9.17) is 10.5 Å². The highest BCUT2D eigenvalue weighted by molar-refractivity contribution is 6.00. The van der Waals surface area contributed by atoms with Gasteiger partial charge in [0.15, 0.2) is 5.78 Å². The van der Waals surface area contributed by atoms with Crippen LogP contribution in [-0.2, 0) is 11.2 Å². The zero-order valence-corrected chi connectivity index (χ0v) is 20.4. The largest absolute Gasteiger partial charge is 0.383 e. The monoisotopic (exact) mass is 489 g/mol. The van der Waals surface area contributed by atoms with Crippen molar-refractivity contribution in [2.75, 3.05) is 38.7 Å². The minimum absolute atomic E-state index is 0.0243. The van der Waals surface area contributed by atoms with Crippen LogP contribution in [-0.4, -0.2) is 65.8 Å². The molecular weight excluding hydrogens is 456 g/mol. The number of carbonyl (C=O) groups is 2. The Morgan fingerprint density at radius 3 is 2.63 bits per heavy atom. The van der Waals surface area contributed by atoms with Gasteiger partial charge in [0.05, 0.1) is 29.1 Å². The fourth-order valence-corrected chi connectivity index (χ4v) is 5.08. The van der Waals surface area contributed by atoms with E-state index in [0.717, 1.165) is 32.5 Å². The maximum atomic E-state index is 13.8. The van der Waals surface area contributed by atoms with Crippen LogP contribution in [0.1, 0.15) is 71.6 Å².